The van der Waals surface area contributed by atoms with Gasteiger partial charge < -0.3 is 10.2 Å². The second-order valence-corrected chi connectivity index (χ2v) is 9.17. The van der Waals surface area contributed by atoms with E-state index in [2.05, 4.69) is 21.2 Å². The Balaban J connectivity index is 2.07. The topological polar surface area (TPSA) is 49.4 Å². The average molecular weight is 495 g/mol. The number of carbonyl (C=O) groups is 2. The molecule has 0 aliphatic carbocycles. The predicted octanol–water partition coefficient (Wildman–Crippen LogP) is 5.15. The van der Waals surface area contributed by atoms with E-state index in [4.69, 9.17) is 0 Å². The Hall–Kier alpha value is -1.86. The predicted molar refractivity (Wildman–Crippen MR) is 125 cm³/mol. The van der Waals surface area contributed by atoms with Gasteiger partial charge in [-0.05, 0) is 55.7 Å². The maximum absolute atomic E-state index is 13.1. The van der Waals surface area contributed by atoms with Crippen LogP contribution >= 0.6 is 27.7 Å². The summed E-state index contributed by atoms with van der Waals surface area (Å²) in [5.41, 5.74) is 1.90. The molecule has 0 radical (unpaired) electrons. The Morgan fingerprint density at radius 1 is 1.13 bits per heavy atom. The minimum absolute atomic E-state index is 0.0515. The van der Waals surface area contributed by atoms with Crippen LogP contribution in [0.2, 0.25) is 0 Å². The van der Waals surface area contributed by atoms with Gasteiger partial charge in [0.25, 0.3) is 0 Å². The zero-order valence-corrected chi connectivity index (χ0v) is 19.9. The molecule has 0 unspecified atom stereocenters. The number of halogens is 2. The van der Waals surface area contributed by atoms with Gasteiger partial charge in [-0.1, -0.05) is 47.1 Å². The van der Waals surface area contributed by atoms with E-state index in [1.807, 2.05) is 38.1 Å². The van der Waals surface area contributed by atoms with Gasteiger partial charge in [0.15, 0.2) is 0 Å². The van der Waals surface area contributed by atoms with E-state index >= 15 is 0 Å². The first-order valence-corrected chi connectivity index (χ1v) is 11.9. The lowest BCUT2D eigenvalue weighted by Gasteiger charge is -2.29. The summed E-state index contributed by atoms with van der Waals surface area (Å²) in [4.78, 5) is 27.3. The van der Waals surface area contributed by atoms with Gasteiger partial charge in [-0.2, -0.15) is 0 Å². The summed E-state index contributed by atoms with van der Waals surface area (Å²) in [7, 11) is 0. The summed E-state index contributed by atoms with van der Waals surface area (Å²) in [6, 6.07) is 13.5. The SMILES string of the molecule is CC[C@H](C)NC(=O)[C@@H](C)N(Cc1cccc(Br)c1)C(=O)CSCc1ccc(F)cc1. The molecule has 0 aromatic heterocycles. The number of thioether (sulfide) groups is 1. The molecule has 0 saturated carbocycles. The Morgan fingerprint density at radius 3 is 2.47 bits per heavy atom. The van der Waals surface area contributed by atoms with Crippen LogP contribution in [0.1, 0.15) is 38.3 Å². The van der Waals surface area contributed by atoms with Crippen LogP contribution < -0.4 is 5.32 Å². The fourth-order valence-electron chi connectivity index (χ4n) is 2.80. The number of benzene rings is 2. The van der Waals surface area contributed by atoms with Crippen molar-refractivity contribution in [2.24, 2.45) is 0 Å². The normalized spacial score (nSPS) is 12.8. The van der Waals surface area contributed by atoms with Gasteiger partial charge in [0.1, 0.15) is 11.9 Å². The van der Waals surface area contributed by atoms with Crippen LogP contribution in [-0.4, -0.2) is 34.6 Å². The van der Waals surface area contributed by atoms with Crippen LogP contribution in [0.25, 0.3) is 0 Å². The Labute approximate surface area is 190 Å². The Bertz CT molecular complexity index is 847. The summed E-state index contributed by atoms with van der Waals surface area (Å²) in [6.07, 6.45) is 0.825. The molecule has 4 nitrogen and oxygen atoms in total. The number of carbonyl (C=O) groups excluding carboxylic acids is 2. The molecular formula is C23H28BrFN2O2S. The van der Waals surface area contributed by atoms with Gasteiger partial charge in [-0.15, -0.1) is 11.8 Å². The zero-order chi connectivity index (χ0) is 22.1. The van der Waals surface area contributed by atoms with Crippen molar-refractivity contribution in [3.63, 3.8) is 0 Å². The Morgan fingerprint density at radius 2 is 1.83 bits per heavy atom. The molecule has 0 heterocycles. The second-order valence-electron chi connectivity index (χ2n) is 7.26. The number of amides is 2. The molecule has 0 saturated heterocycles. The van der Waals surface area contributed by atoms with E-state index in [9.17, 15) is 14.0 Å². The molecule has 2 aromatic carbocycles. The lowest BCUT2D eigenvalue weighted by molar-refractivity contribution is -0.138. The van der Waals surface area contributed by atoms with Gasteiger partial charge in [-0.3, -0.25) is 9.59 Å². The fourth-order valence-corrected chi connectivity index (χ4v) is 4.12. The maximum Gasteiger partial charge on any atom is 0.242 e. The Kier molecular flexibility index (Phi) is 9.85. The highest BCUT2D eigenvalue weighted by atomic mass is 79.9. The van der Waals surface area contributed by atoms with Gasteiger partial charge in [0.05, 0.1) is 5.75 Å². The first-order valence-electron chi connectivity index (χ1n) is 9.96. The van der Waals surface area contributed by atoms with Crippen molar-refractivity contribution in [2.75, 3.05) is 5.75 Å². The molecule has 1 N–H and O–H groups in total. The van der Waals surface area contributed by atoms with E-state index < -0.39 is 6.04 Å². The van der Waals surface area contributed by atoms with Gasteiger partial charge in [0.2, 0.25) is 11.8 Å². The summed E-state index contributed by atoms with van der Waals surface area (Å²) >= 11 is 4.91. The third kappa shape index (κ3) is 7.76. The van der Waals surface area contributed by atoms with E-state index in [0.29, 0.717) is 12.3 Å². The minimum Gasteiger partial charge on any atom is -0.352 e. The van der Waals surface area contributed by atoms with Crippen LogP contribution in [-0.2, 0) is 21.9 Å². The van der Waals surface area contributed by atoms with Crippen molar-refractivity contribution in [1.29, 1.82) is 0 Å². The maximum atomic E-state index is 13.1. The molecule has 0 spiro atoms. The molecule has 30 heavy (non-hydrogen) atoms. The lowest BCUT2D eigenvalue weighted by Crippen LogP contribution is -2.50. The van der Waals surface area contributed by atoms with Crippen molar-refractivity contribution < 1.29 is 14.0 Å². The highest BCUT2D eigenvalue weighted by Gasteiger charge is 2.26. The second kappa shape index (κ2) is 12.1. The van der Waals surface area contributed by atoms with Crippen molar-refractivity contribution >= 4 is 39.5 Å². The smallest absolute Gasteiger partial charge is 0.242 e. The van der Waals surface area contributed by atoms with Crippen LogP contribution in [0, 0.1) is 5.82 Å². The van der Waals surface area contributed by atoms with E-state index in [-0.39, 0.29) is 29.4 Å². The number of hydrogen-bond donors (Lipinski definition) is 1. The highest BCUT2D eigenvalue weighted by Crippen LogP contribution is 2.18. The molecule has 2 rings (SSSR count). The van der Waals surface area contributed by atoms with Gasteiger partial charge >= 0.3 is 0 Å². The number of nitrogens with one attached hydrogen (secondary N) is 1. The molecule has 0 aliphatic rings. The molecule has 162 valence electrons. The van der Waals surface area contributed by atoms with Crippen LogP contribution in [0.3, 0.4) is 0 Å². The third-order valence-corrected chi connectivity index (χ3v) is 6.30. The van der Waals surface area contributed by atoms with Crippen molar-refractivity contribution in [3.8, 4) is 0 Å². The molecule has 2 aromatic rings. The number of hydrogen-bond acceptors (Lipinski definition) is 3. The van der Waals surface area contributed by atoms with E-state index in [0.717, 1.165) is 22.0 Å². The molecule has 0 aliphatic heterocycles. The minimum atomic E-state index is -0.586. The average Bonchev–Trinajstić information content (AvgIpc) is 2.72. The molecule has 7 heteroatoms. The first-order chi connectivity index (χ1) is 14.3. The summed E-state index contributed by atoms with van der Waals surface area (Å²) in [5, 5.41) is 2.96. The number of nitrogens with zero attached hydrogens (tertiary/aromatic N) is 1. The van der Waals surface area contributed by atoms with Crippen molar-refractivity contribution in [2.45, 2.75) is 51.6 Å². The lowest BCUT2D eigenvalue weighted by atomic mass is 10.1. The van der Waals surface area contributed by atoms with Crippen LogP contribution in [0.15, 0.2) is 53.0 Å². The first kappa shape index (κ1) is 24.4. The molecule has 0 bridgehead atoms. The highest BCUT2D eigenvalue weighted by molar-refractivity contribution is 9.10. The fraction of sp³-hybridized carbons (Fsp3) is 0.391. The third-order valence-electron chi connectivity index (χ3n) is 4.82. The van der Waals surface area contributed by atoms with Crippen LogP contribution in [0.5, 0.6) is 0 Å². The van der Waals surface area contributed by atoms with Crippen LogP contribution in [0.4, 0.5) is 4.39 Å². The molecule has 2 atom stereocenters. The molecular weight excluding hydrogens is 467 g/mol. The molecule has 0 fully saturated rings. The van der Waals surface area contributed by atoms with E-state index in [1.54, 1.807) is 24.0 Å². The van der Waals surface area contributed by atoms with Crippen molar-refractivity contribution in [3.05, 3.63) is 69.9 Å². The molecule has 2 amide bonds. The quantitative estimate of drug-likeness (QED) is 0.496. The van der Waals surface area contributed by atoms with Gasteiger partial charge in [-0.25, -0.2) is 4.39 Å². The van der Waals surface area contributed by atoms with E-state index in [1.165, 1.54) is 23.9 Å². The largest absolute Gasteiger partial charge is 0.352 e. The zero-order valence-electron chi connectivity index (χ0n) is 17.5. The summed E-state index contributed by atoms with van der Waals surface area (Å²) < 4.78 is 14.0. The monoisotopic (exact) mass is 494 g/mol. The standard InChI is InChI=1S/C23H28BrFN2O2S/c1-4-16(2)26-23(29)17(3)27(13-19-6-5-7-20(24)12-19)22(28)15-30-14-18-8-10-21(25)11-9-18/h5-12,16-17H,4,13-15H2,1-3H3,(H,26,29)/t16-,17+/m0/s1. The summed E-state index contributed by atoms with van der Waals surface area (Å²) in [5.74, 6) is 0.308. The van der Waals surface area contributed by atoms with Gasteiger partial charge in [0, 0.05) is 22.8 Å². The summed E-state index contributed by atoms with van der Waals surface area (Å²) in [6.45, 7) is 6.07. The number of rotatable bonds is 10. The van der Waals surface area contributed by atoms with Crippen molar-refractivity contribution in [1.82, 2.24) is 10.2 Å².